The van der Waals surface area contributed by atoms with E-state index in [4.69, 9.17) is 10.5 Å². The van der Waals surface area contributed by atoms with Crippen molar-refractivity contribution in [3.05, 3.63) is 47.0 Å². The average molecular weight is 419 g/mol. The quantitative estimate of drug-likeness (QED) is 0.588. The van der Waals surface area contributed by atoms with Gasteiger partial charge >= 0.3 is 0 Å². The molecule has 2 aliphatic heterocycles. The first-order valence-electron chi connectivity index (χ1n) is 9.59. The van der Waals surface area contributed by atoms with Crippen LogP contribution < -0.4 is 15.6 Å². The minimum atomic E-state index is -0.564. The fourth-order valence-electron chi connectivity index (χ4n) is 3.85. The molecule has 0 saturated heterocycles. The van der Waals surface area contributed by atoms with E-state index in [-0.39, 0.29) is 17.4 Å². The van der Waals surface area contributed by atoms with Gasteiger partial charge in [0.15, 0.2) is 11.6 Å². The van der Waals surface area contributed by atoms with Gasteiger partial charge in [0, 0.05) is 24.9 Å². The maximum absolute atomic E-state index is 14.1. The summed E-state index contributed by atoms with van der Waals surface area (Å²) in [6.45, 7) is 2.66. The van der Waals surface area contributed by atoms with E-state index in [9.17, 15) is 9.65 Å². The molecule has 0 saturated carbocycles. The Morgan fingerprint density at radius 1 is 1.29 bits per heavy atom. The minimum Gasteiger partial charge on any atom is -0.482 e. The number of nitrogens with two attached hydrogens (primary N) is 1. The highest BCUT2D eigenvalue weighted by Gasteiger charge is 2.30. The first-order valence-corrected chi connectivity index (χ1v) is 9.59. The number of hydrazine groups is 1. The van der Waals surface area contributed by atoms with Gasteiger partial charge in [0.2, 0.25) is 0 Å². The SMILES string of the molecule is C[C@H]1Oc2cc(nnc2N)-c2c(nn(C)c2C#N)CN2CC=NN2c2ccc(F)cc21. The zero-order valence-electron chi connectivity index (χ0n) is 16.8. The number of hydrogen-bond donors (Lipinski definition) is 1. The number of hydrazone groups is 1. The zero-order valence-corrected chi connectivity index (χ0v) is 16.8. The summed E-state index contributed by atoms with van der Waals surface area (Å²) in [5.74, 6) is -0.00709. The van der Waals surface area contributed by atoms with Gasteiger partial charge in [0.1, 0.15) is 29.4 Å². The predicted molar refractivity (Wildman–Crippen MR) is 110 cm³/mol. The van der Waals surface area contributed by atoms with Gasteiger partial charge < -0.3 is 10.5 Å². The third kappa shape index (κ3) is 3.04. The number of nitrogen functional groups attached to an aromatic ring is 1. The zero-order chi connectivity index (χ0) is 21.7. The standard InChI is InChI=1S/C20H18FN9O/c1-11-13-7-12(21)3-4-16(13)30-24-5-6-29(30)10-15-19(17(9-22)28(2)27-15)14-8-18(31-11)20(23)26-25-14/h3-5,7-8,11H,6,10H2,1-2H3,(H2,23,26)/t11-/m1/s1. The van der Waals surface area contributed by atoms with Crippen molar-refractivity contribution >= 4 is 17.7 Å². The van der Waals surface area contributed by atoms with E-state index in [2.05, 4.69) is 26.5 Å². The summed E-state index contributed by atoms with van der Waals surface area (Å²) in [6.07, 6.45) is 1.19. The van der Waals surface area contributed by atoms with Crippen LogP contribution in [-0.2, 0) is 13.6 Å². The van der Waals surface area contributed by atoms with Crippen LogP contribution in [0.15, 0.2) is 29.4 Å². The molecule has 31 heavy (non-hydrogen) atoms. The second-order valence-electron chi connectivity index (χ2n) is 7.28. The molecule has 0 unspecified atom stereocenters. The number of aromatic nitrogens is 4. The fourth-order valence-corrected chi connectivity index (χ4v) is 3.85. The monoisotopic (exact) mass is 419 g/mol. The molecule has 0 amide bonds. The van der Waals surface area contributed by atoms with Crippen LogP contribution in [0, 0.1) is 17.1 Å². The lowest BCUT2D eigenvalue weighted by atomic mass is 10.1. The molecule has 3 aromatic rings. The van der Waals surface area contributed by atoms with Crippen molar-refractivity contribution in [3.8, 4) is 23.1 Å². The van der Waals surface area contributed by atoms with E-state index in [1.165, 1.54) is 16.8 Å². The van der Waals surface area contributed by atoms with Crippen LogP contribution in [0.1, 0.15) is 30.0 Å². The van der Waals surface area contributed by atoms with Crippen molar-refractivity contribution in [2.24, 2.45) is 12.1 Å². The van der Waals surface area contributed by atoms with Crippen LogP contribution in [-0.4, -0.2) is 37.7 Å². The van der Waals surface area contributed by atoms with Crippen LogP contribution in [0.3, 0.4) is 0 Å². The molecule has 0 aliphatic carbocycles. The number of nitriles is 1. The van der Waals surface area contributed by atoms with Gasteiger partial charge in [-0.1, -0.05) is 0 Å². The molecule has 5 rings (SSSR count). The number of rotatable bonds is 0. The Morgan fingerprint density at radius 3 is 2.94 bits per heavy atom. The van der Waals surface area contributed by atoms with Crippen molar-refractivity contribution in [1.82, 2.24) is 25.0 Å². The number of halogens is 1. The molecule has 156 valence electrons. The highest BCUT2D eigenvalue weighted by molar-refractivity contribution is 5.72. The summed E-state index contributed by atoms with van der Waals surface area (Å²) in [5, 5.41) is 30.6. The molecule has 2 aromatic heterocycles. The smallest absolute Gasteiger partial charge is 0.188 e. The first kappa shape index (κ1) is 19.0. The number of hydrogen-bond acceptors (Lipinski definition) is 9. The van der Waals surface area contributed by atoms with E-state index >= 15 is 0 Å². The summed E-state index contributed by atoms with van der Waals surface area (Å²) in [5.41, 5.74) is 9.22. The molecular formula is C20H18FN9O. The van der Waals surface area contributed by atoms with Crippen LogP contribution >= 0.6 is 0 Å². The van der Waals surface area contributed by atoms with Gasteiger partial charge in [-0.05, 0) is 25.1 Å². The maximum Gasteiger partial charge on any atom is 0.188 e. The third-order valence-corrected chi connectivity index (χ3v) is 5.30. The molecule has 2 bridgehead atoms. The minimum absolute atomic E-state index is 0.0929. The van der Waals surface area contributed by atoms with E-state index in [0.29, 0.717) is 47.0 Å². The molecule has 0 spiro atoms. The Kier molecular flexibility index (Phi) is 4.30. The van der Waals surface area contributed by atoms with E-state index in [0.717, 1.165) is 0 Å². The molecule has 11 heteroatoms. The van der Waals surface area contributed by atoms with Gasteiger partial charge in [-0.2, -0.15) is 25.6 Å². The molecule has 0 fully saturated rings. The number of fused-ring (bicyclic) bond motifs is 7. The molecule has 2 aliphatic rings. The summed E-state index contributed by atoms with van der Waals surface area (Å²) < 4.78 is 21.7. The van der Waals surface area contributed by atoms with Crippen LogP contribution in [0.5, 0.6) is 5.75 Å². The van der Waals surface area contributed by atoms with E-state index in [1.807, 2.05) is 5.01 Å². The van der Waals surface area contributed by atoms with Crippen LogP contribution in [0.2, 0.25) is 0 Å². The number of anilines is 2. The van der Waals surface area contributed by atoms with Gasteiger partial charge in [0.25, 0.3) is 0 Å². The highest BCUT2D eigenvalue weighted by atomic mass is 19.1. The Balaban J connectivity index is 1.76. The number of benzene rings is 1. The Labute approximate surface area is 176 Å². The molecule has 1 atom stereocenters. The second kappa shape index (κ2) is 7.03. The van der Waals surface area contributed by atoms with E-state index in [1.54, 1.807) is 37.4 Å². The second-order valence-corrected chi connectivity index (χ2v) is 7.28. The van der Waals surface area contributed by atoms with Gasteiger partial charge in [0.05, 0.1) is 30.0 Å². The van der Waals surface area contributed by atoms with Crippen LogP contribution in [0.25, 0.3) is 11.3 Å². The van der Waals surface area contributed by atoms with Gasteiger partial charge in [-0.25, -0.2) is 4.39 Å². The molecule has 2 N–H and O–H groups in total. The molecule has 10 nitrogen and oxygen atoms in total. The van der Waals surface area contributed by atoms with Crippen molar-refractivity contribution in [2.75, 3.05) is 17.4 Å². The topological polar surface area (TPSA) is 121 Å². The summed E-state index contributed by atoms with van der Waals surface area (Å²) >= 11 is 0. The Hall–Kier alpha value is -4.04. The summed E-state index contributed by atoms with van der Waals surface area (Å²) in [4.78, 5) is 0. The molecule has 0 radical (unpaired) electrons. The highest BCUT2D eigenvalue weighted by Crippen LogP contribution is 2.37. The van der Waals surface area contributed by atoms with Crippen molar-refractivity contribution in [3.63, 3.8) is 0 Å². The van der Waals surface area contributed by atoms with Crippen molar-refractivity contribution in [2.45, 2.75) is 19.6 Å². The largest absolute Gasteiger partial charge is 0.482 e. The first-order chi connectivity index (χ1) is 15.0. The lowest BCUT2D eigenvalue weighted by Crippen LogP contribution is -2.36. The molecular weight excluding hydrogens is 401 g/mol. The average Bonchev–Trinajstić information content (AvgIpc) is 3.32. The number of ether oxygens (including phenoxy) is 1. The molecule has 4 heterocycles. The molecule has 1 aromatic carbocycles. The fraction of sp³-hybridized carbons (Fsp3) is 0.250. The summed E-state index contributed by atoms with van der Waals surface area (Å²) in [6, 6.07) is 8.28. The van der Waals surface area contributed by atoms with Crippen molar-refractivity contribution in [1.29, 1.82) is 5.26 Å². The Morgan fingerprint density at radius 2 is 2.13 bits per heavy atom. The van der Waals surface area contributed by atoms with E-state index < -0.39 is 6.10 Å². The normalized spacial score (nSPS) is 17.6. The lowest BCUT2D eigenvalue weighted by molar-refractivity contribution is 0.224. The van der Waals surface area contributed by atoms with Gasteiger partial charge in [-0.15, -0.1) is 10.2 Å². The summed E-state index contributed by atoms with van der Waals surface area (Å²) in [7, 11) is 1.70. The maximum atomic E-state index is 14.1. The number of aryl methyl sites for hydroxylation is 1. The van der Waals surface area contributed by atoms with Crippen molar-refractivity contribution < 1.29 is 9.13 Å². The van der Waals surface area contributed by atoms with Gasteiger partial charge in [-0.3, -0.25) is 4.68 Å². The Bertz CT molecular complexity index is 1260. The van der Waals surface area contributed by atoms with Crippen LogP contribution in [0.4, 0.5) is 15.9 Å². The predicted octanol–water partition coefficient (Wildman–Crippen LogP) is 2.15. The third-order valence-electron chi connectivity index (χ3n) is 5.30. The lowest BCUT2D eigenvalue weighted by Gasteiger charge is -2.30. The number of nitrogens with zero attached hydrogens (tertiary/aromatic N) is 8.